The third-order valence-corrected chi connectivity index (χ3v) is 12.0. The number of aliphatic hydroxyl groups excluding tert-OH is 2. The van der Waals surface area contributed by atoms with Gasteiger partial charge in [0.25, 0.3) is 0 Å². The van der Waals surface area contributed by atoms with Gasteiger partial charge in [0.2, 0.25) is 5.78 Å². The minimum Gasteiger partial charge on any atom is -0.481 e. The van der Waals surface area contributed by atoms with Crippen molar-refractivity contribution in [2.45, 2.75) is 112 Å². The SMILES string of the molecule is CC(=O)O[C@@H]1C(=O)C2=C([C@@H](O)C[C@H]3C(C)(C)[C@@H](O)CC[C@]23C)[C@]2(C)C(=O)C[C@@H]([C@@H](C)CC(=O)C[C@@H](C)C(=O)O)[C@@]12C. The Hall–Kier alpha value is -2.39. The largest absolute Gasteiger partial charge is 0.481 e. The summed E-state index contributed by atoms with van der Waals surface area (Å²) < 4.78 is 5.83. The second kappa shape index (κ2) is 10.1. The molecule has 0 aromatic rings. The molecule has 0 aromatic carbocycles. The van der Waals surface area contributed by atoms with E-state index in [1.807, 2.05) is 27.7 Å². The predicted octanol–water partition coefficient (Wildman–Crippen LogP) is 3.67. The molecule has 0 heterocycles. The zero-order chi connectivity index (χ0) is 31.0. The molecule has 4 rings (SSSR count). The van der Waals surface area contributed by atoms with E-state index in [4.69, 9.17) is 4.74 Å². The highest BCUT2D eigenvalue weighted by molar-refractivity contribution is 6.08. The fourth-order valence-corrected chi connectivity index (χ4v) is 9.45. The van der Waals surface area contributed by atoms with Crippen LogP contribution in [0.3, 0.4) is 0 Å². The number of Topliss-reactive ketones (excluding diaryl/α,β-unsaturated/α-hetero) is 3. The van der Waals surface area contributed by atoms with Crippen molar-refractivity contribution in [1.82, 2.24) is 0 Å². The Bertz CT molecular complexity index is 1220. The summed E-state index contributed by atoms with van der Waals surface area (Å²) in [6, 6.07) is 0. The number of hydrogen-bond acceptors (Lipinski definition) is 8. The van der Waals surface area contributed by atoms with E-state index in [0.29, 0.717) is 24.0 Å². The van der Waals surface area contributed by atoms with Crippen molar-refractivity contribution < 1.29 is 44.0 Å². The molecule has 9 heteroatoms. The molecule has 0 spiro atoms. The molecule has 0 aliphatic heterocycles. The number of hydrogen-bond donors (Lipinski definition) is 3. The maximum atomic E-state index is 14.6. The molecule has 3 N–H and O–H groups in total. The van der Waals surface area contributed by atoms with E-state index in [1.54, 1.807) is 13.8 Å². The predicted molar refractivity (Wildman–Crippen MR) is 148 cm³/mol. The first-order chi connectivity index (χ1) is 18.8. The molecule has 2 fully saturated rings. The van der Waals surface area contributed by atoms with Gasteiger partial charge >= 0.3 is 11.9 Å². The highest BCUT2D eigenvalue weighted by Gasteiger charge is 2.74. The van der Waals surface area contributed by atoms with Crippen LogP contribution in [0.5, 0.6) is 0 Å². The summed E-state index contributed by atoms with van der Waals surface area (Å²) in [5, 5.41) is 31.9. The number of ketones is 3. The van der Waals surface area contributed by atoms with Crippen molar-refractivity contribution >= 4 is 29.3 Å². The first kappa shape index (κ1) is 31.5. The molecule has 0 bridgehead atoms. The highest BCUT2D eigenvalue weighted by Crippen LogP contribution is 2.71. The molecule has 9 nitrogen and oxygen atoms in total. The molecular weight excluding hydrogens is 528 g/mol. The smallest absolute Gasteiger partial charge is 0.306 e. The van der Waals surface area contributed by atoms with Gasteiger partial charge in [-0.15, -0.1) is 0 Å². The summed E-state index contributed by atoms with van der Waals surface area (Å²) in [5.74, 6) is -4.60. The van der Waals surface area contributed by atoms with Gasteiger partial charge in [-0.25, -0.2) is 0 Å². The topological polar surface area (TPSA) is 155 Å². The van der Waals surface area contributed by atoms with Gasteiger partial charge in [-0.1, -0.05) is 41.5 Å². The fraction of sp³-hybridized carbons (Fsp3) is 0.781. The van der Waals surface area contributed by atoms with Crippen LogP contribution in [0.15, 0.2) is 11.1 Å². The minimum atomic E-state index is -1.33. The van der Waals surface area contributed by atoms with E-state index in [0.717, 1.165) is 0 Å². The summed E-state index contributed by atoms with van der Waals surface area (Å²) in [6.45, 7) is 13.9. The van der Waals surface area contributed by atoms with Crippen LogP contribution in [0.2, 0.25) is 0 Å². The molecular formula is C32H46O9. The van der Waals surface area contributed by atoms with Crippen LogP contribution < -0.4 is 0 Å². The molecule has 0 saturated heterocycles. The van der Waals surface area contributed by atoms with E-state index in [2.05, 4.69) is 0 Å². The van der Waals surface area contributed by atoms with Gasteiger partial charge in [0.05, 0.1) is 23.5 Å². The zero-order valence-electron chi connectivity index (χ0n) is 25.6. The Morgan fingerprint density at radius 1 is 1.02 bits per heavy atom. The van der Waals surface area contributed by atoms with Gasteiger partial charge in [0.15, 0.2) is 6.10 Å². The second-order valence-electron chi connectivity index (χ2n) is 14.5. The number of carbonyl (C=O) groups excluding carboxylic acids is 4. The molecule has 0 amide bonds. The lowest BCUT2D eigenvalue weighted by Gasteiger charge is -2.62. The standard InChI is InChI=1S/C32H46O9/c1-15(11-18(34)12-16(2)28(39)40)19-13-23(37)32(8)24-20(35)14-21-29(4,5)22(36)9-10-30(21,6)25(24)26(38)27(31(19,32)7)41-17(3)33/h15-16,19-22,27,35-36H,9-14H2,1-8H3,(H,39,40)/t15-,16+,19-,20-,21-,22-,27+,30-,31-,32-/m0/s1. The summed E-state index contributed by atoms with van der Waals surface area (Å²) in [5.41, 5.74) is -3.15. The van der Waals surface area contributed by atoms with Crippen molar-refractivity contribution in [3.63, 3.8) is 0 Å². The number of aliphatic carboxylic acids is 1. The minimum absolute atomic E-state index is 0.0164. The van der Waals surface area contributed by atoms with Crippen LogP contribution in [0, 0.1) is 45.3 Å². The molecule has 10 atom stereocenters. The summed E-state index contributed by atoms with van der Waals surface area (Å²) in [4.78, 5) is 65.5. The lowest BCUT2D eigenvalue weighted by Crippen LogP contribution is -2.65. The van der Waals surface area contributed by atoms with Gasteiger partial charge in [0.1, 0.15) is 11.6 Å². The number of ether oxygens (including phenoxy) is 1. The molecule has 0 unspecified atom stereocenters. The van der Waals surface area contributed by atoms with Crippen LogP contribution in [-0.4, -0.2) is 62.9 Å². The average Bonchev–Trinajstić information content (AvgIpc) is 3.07. The van der Waals surface area contributed by atoms with E-state index >= 15 is 0 Å². The lowest BCUT2D eigenvalue weighted by atomic mass is 9.41. The van der Waals surface area contributed by atoms with E-state index in [1.165, 1.54) is 13.8 Å². The average molecular weight is 575 g/mol. The van der Waals surface area contributed by atoms with Crippen LogP contribution in [0.4, 0.5) is 0 Å². The molecule has 0 radical (unpaired) electrons. The highest BCUT2D eigenvalue weighted by atomic mass is 16.5. The number of fused-ring (bicyclic) bond motifs is 4. The van der Waals surface area contributed by atoms with Gasteiger partial charge < -0.3 is 20.1 Å². The first-order valence-electron chi connectivity index (χ1n) is 14.9. The van der Waals surface area contributed by atoms with Gasteiger partial charge in [-0.2, -0.15) is 0 Å². The van der Waals surface area contributed by atoms with Crippen LogP contribution >= 0.6 is 0 Å². The monoisotopic (exact) mass is 574 g/mol. The molecule has 2 saturated carbocycles. The lowest BCUT2D eigenvalue weighted by molar-refractivity contribution is -0.178. The zero-order valence-corrected chi connectivity index (χ0v) is 25.6. The van der Waals surface area contributed by atoms with Gasteiger partial charge in [0, 0.05) is 37.2 Å². The van der Waals surface area contributed by atoms with Crippen LogP contribution in [0.1, 0.15) is 93.9 Å². The summed E-state index contributed by atoms with van der Waals surface area (Å²) in [6.07, 6.45) is -1.87. The number of carboxylic acid groups (broad SMARTS) is 1. The number of aliphatic hydroxyl groups is 2. The van der Waals surface area contributed by atoms with Crippen molar-refractivity contribution in [2.75, 3.05) is 0 Å². The second-order valence-corrected chi connectivity index (χ2v) is 14.5. The van der Waals surface area contributed by atoms with Crippen molar-refractivity contribution in [1.29, 1.82) is 0 Å². The fourth-order valence-electron chi connectivity index (χ4n) is 9.45. The number of esters is 1. The van der Waals surface area contributed by atoms with E-state index in [-0.39, 0.29) is 43.2 Å². The Kier molecular flexibility index (Phi) is 7.78. The first-order valence-corrected chi connectivity index (χ1v) is 14.9. The number of carbonyl (C=O) groups is 5. The van der Waals surface area contributed by atoms with Crippen molar-refractivity contribution in [3.05, 3.63) is 11.1 Å². The Morgan fingerprint density at radius 3 is 2.20 bits per heavy atom. The van der Waals surface area contributed by atoms with Crippen LogP contribution in [0.25, 0.3) is 0 Å². The molecule has 41 heavy (non-hydrogen) atoms. The Morgan fingerprint density at radius 2 is 1.63 bits per heavy atom. The molecule has 4 aliphatic carbocycles. The van der Waals surface area contributed by atoms with E-state index < -0.39 is 75.4 Å². The summed E-state index contributed by atoms with van der Waals surface area (Å²) >= 11 is 0. The van der Waals surface area contributed by atoms with Gasteiger partial charge in [-0.3, -0.25) is 24.0 Å². The molecule has 4 aliphatic rings. The molecule has 228 valence electrons. The normalized spacial score (nSPS) is 41.2. The van der Waals surface area contributed by atoms with Gasteiger partial charge in [-0.05, 0) is 60.3 Å². The summed E-state index contributed by atoms with van der Waals surface area (Å²) in [7, 11) is 0. The van der Waals surface area contributed by atoms with Crippen molar-refractivity contribution in [2.24, 2.45) is 45.3 Å². The third kappa shape index (κ3) is 4.36. The quantitative estimate of drug-likeness (QED) is 0.386. The maximum absolute atomic E-state index is 14.6. The van der Waals surface area contributed by atoms with Crippen LogP contribution in [-0.2, 0) is 28.7 Å². The Labute approximate surface area is 242 Å². The Balaban J connectivity index is 1.87. The van der Waals surface area contributed by atoms with E-state index in [9.17, 15) is 39.3 Å². The maximum Gasteiger partial charge on any atom is 0.306 e. The third-order valence-electron chi connectivity index (χ3n) is 12.0. The number of carboxylic acids is 1. The van der Waals surface area contributed by atoms with Crippen molar-refractivity contribution in [3.8, 4) is 0 Å². The number of rotatable bonds is 7. The molecule has 0 aromatic heterocycles.